The Kier molecular flexibility index (Phi) is 7.61. The number of carbonyl (C=O) groups excluding carboxylic acids is 1. The number of nitrogens with one attached hydrogen (secondary N) is 1. The Bertz CT molecular complexity index is 449. The largest absolute Gasteiger partial charge is 0.493 e. The Labute approximate surface area is 126 Å². The molecule has 1 atom stereocenters. The van der Waals surface area contributed by atoms with E-state index < -0.39 is 0 Å². The first-order valence-electron chi connectivity index (χ1n) is 7.41. The van der Waals surface area contributed by atoms with Crippen molar-refractivity contribution < 1.29 is 14.3 Å². The molecule has 1 aromatic rings. The fourth-order valence-corrected chi connectivity index (χ4v) is 2.05. The number of nitrogens with two attached hydrogens (primary N) is 1. The summed E-state index contributed by atoms with van der Waals surface area (Å²) in [5.41, 5.74) is 6.22. The van der Waals surface area contributed by atoms with Gasteiger partial charge in [-0.05, 0) is 44.4 Å². The molecule has 21 heavy (non-hydrogen) atoms. The van der Waals surface area contributed by atoms with Crippen molar-refractivity contribution in [3.63, 3.8) is 0 Å². The zero-order valence-corrected chi connectivity index (χ0v) is 13.1. The van der Waals surface area contributed by atoms with Crippen LogP contribution in [0.15, 0.2) is 18.2 Å². The maximum atomic E-state index is 11.9. The van der Waals surface area contributed by atoms with E-state index in [1.165, 1.54) is 0 Å². The van der Waals surface area contributed by atoms with Crippen molar-refractivity contribution in [3.05, 3.63) is 18.2 Å². The molecule has 0 fully saturated rings. The van der Waals surface area contributed by atoms with Gasteiger partial charge in [0.1, 0.15) is 0 Å². The van der Waals surface area contributed by atoms with E-state index in [1.807, 2.05) is 13.0 Å². The van der Waals surface area contributed by atoms with Crippen molar-refractivity contribution in [1.82, 2.24) is 0 Å². The van der Waals surface area contributed by atoms with Gasteiger partial charge in [-0.2, -0.15) is 0 Å². The third-order valence-corrected chi connectivity index (χ3v) is 3.27. The summed E-state index contributed by atoms with van der Waals surface area (Å²) >= 11 is 0. The van der Waals surface area contributed by atoms with E-state index in [9.17, 15) is 4.79 Å². The molecule has 3 N–H and O–H groups in total. The number of carbonyl (C=O) groups is 1. The number of ether oxygens (including phenoxy) is 2. The molecule has 0 spiro atoms. The minimum Gasteiger partial charge on any atom is -0.493 e. The highest BCUT2D eigenvalue weighted by Crippen LogP contribution is 2.30. The van der Waals surface area contributed by atoms with Gasteiger partial charge >= 0.3 is 0 Å². The smallest absolute Gasteiger partial charge is 0.224 e. The average molecular weight is 294 g/mol. The molecule has 1 rings (SSSR count). The quantitative estimate of drug-likeness (QED) is 0.734. The molecule has 0 aliphatic rings. The number of anilines is 1. The lowest BCUT2D eigenvalue weighted by Crippen LogP contribution is -2.14. The van der Waals surface area contributed by atoms with E-state index in [-0.39, 0.29) is 5.91 Å². The molecule has 0 heterocycles. The second-order valence-corrected chi connectivity index (χ2v) is 5.07. The Morgan fingerprint density at radius 2 is 2.10 bits per heavy atom. The summed E-state index contributed by atoms with van der Waals surface area (Å²) in [5.74, 6) is 1.77. The Hall–Kier alpha value is -1.75. The minimum atomic E-state index is 0.00601. The van der Waals surface area contributed by atoms with E-state index in [4.69, 9.17) is 15.2 Å². The zero-order valence-electron chi connectivity index (χ0n) is 13.1. The van der Waals surface area contributed by atoms with Crippen LogP contribution in [-0.2, 0) is 4.79 Å². The maximum absolute atomic E-state index is 11.9. The van der Waals surface area contributed by atoms with Gasteiger partial charge in [-0.3, -0.25) is 4.79 Å². The van der Waals surface area contributed by atoms with Gasteiger partial charge in [0, 0.05) is 18.2 Å². The fourth-order valence-electron chi connectivity index (χ4n) is 2.05. The molecular weight excluding hydrogens is 268 g/mol. The number of hydrogen-bond acceptors (Lipinski definition) is 4. The summed E-state index contributed by atoms with van der Waals surface area (Å²) in [6.07, 6.45) is 2.29. The lowest BCUT2D eigenvalue weighted by Gasteiger charge is -2.13. The predicted octanol–water partition coefficient (Wildman–Crippen LogP) is 2.80. The summed E-state index contributed by atoms with van der Waals surface area (Å²) in [6, 6.07) is 5.38. The van der Waals surface area contributed by atoms with Crippen LogP contribution in [0.2, 0.25) is 0 Å². The Balaban J connectivity index is 2.57. The van der Waals surface area contributed by atoms with Crippen LogP contribution in [-0.4, -0.2) is 26.2 Å². The SMILES string of the molecule is CCOc1cc(NC(=O)CCC(C)CCN)ccc1OC. The molecule has 0 aliphatic heterocycles. The van der Waals surface area contributed by atoms with Crippen molar-refractivity contribution in [1.29, 1.82) is 0 Å². The van der Waals surface area contributed by atoms with Gasteiger partial charge in [0.2, 0.25) is 5.91 Å². The van der Waals surface area contributed by atoms with Crippen LogP contribution in [0.3, 0.4) is 0 Å². The molecule has 1 unspecified atom stereocenters. The first-order chi connectivity index (χ1) is 10.1. The van der Waals surface area contributed by atoms with Crippen LogP contribution in [0, 0.1) is 5.92 Å². The second-order valence-electron chi connectivity index (χ2n) is 5.07. The third-order valence-electron chi connectivity index (χ3n) is 3.27. The summed E-state index contributed by atoms with van der Waals surface area (Å²) in [5, 5.41) is 2.88. The molecular formula is C16H26N2O3. The Morgan fingerprint density at radius 3 is 2.71 bits per heavy atom. The topological polar surface area (TPSA) is 73.6 Å². The predicted molar refractivity (Wildman–Crippen MR) is 84.9 cm³/mol. The van der Waals surface area contributed by atoms with Gasteiger partial charge in [-0.15, -0.1) is 0 Å². The standard InChI is InChI=1S/C16H26N2O3/c1-4-21-15-11-13(6-7-14(15)20-3)18-16(19)8-5-12(2)9-10-17/h6-7,11-12H,4-5,8-10,17H2,1-3H3,(H,18,19). The molecule has 1 amide bonds. The van der Waals surface area contributed by atoms with E-state index >= 15 is 0 Å². The van der Waals surface area contributed by atoms with E-state index in [0.29, 0.717) is 37.0 Å². The van der Waals surface area contributed by atoms with Gasteiger partial charge in [0.25, 0.3) is 0 Å². The molecule has 118 valence electrons. The van der Waals surface area contributed by atoms with Crippen LogP contribution >= 0.6 is 0 Å². The normalized spacial score (nSPS) is 11.8. The number of amides is 1. The third kappa shape index (κ3) is 6.04. The Morgan fingerprint density at radius 1 is 1.33 bits per heavy atom. The van der Waals surface area contributed by atoms with Crippen LogP contribution < -0.4 is 20.5 Å². The molecule has 0 saturated carbocycles. The number of rotatable bonds is 9. The van der Waals surface area contributed by atoms with E-state index in [1.54, 1.807) is 19.2 Å². The molecule has 0 saturated heterocycles. The average Bonchev–Trinajstić information content (AvgIpc) is 2.46. The van der Waals surface area contributed by atoms with Crippen molar-refractivity contribution in [2.24, 2.45) is 11.7 Å². The summed E-state index contributed by atoms with van der Waals surface area (Å²) in [4.78, 5) is 11.9. The summed E-state index contributed by atoms with van der Waals surface area (Å²) in [6.45, 7) is 5.23. The van der Waals surface area contributed by atoms with Crippen molar-refractivity contribution in [2.45, 2.75) is 33.1 Å². The second kappa shape index (κ2) is 9.23. The van der Waals surface area contributed by atoms with Crippen molar-refractivity contribution in [3.8, 4) is 11.5 Å². The fraction of sp³-hybridized carbons (Fsp3) is 0.562. The van der Waals surface area contributed by atoms with Crippen LogP contribution in [0.5, 0.6) is 11.5 Å². The van der Waals surface area contributed by atoms with Crippen LogP contribution in [0.25, 0.3) is 0 Å². The number of hydrogen-bond donors (Lipinski definition) is 2. The lowest BCUT2D eigenvalue weighted by atomic mass is 10.0. The first-order valence-corrected chi connectivity index (χ1v) is 7.41. The molecule has 5 heteroatoms. The minimum absolute atomic E-state index is 0.00601. The van der Waals surface area contributed by atoms with E-state index in [2.05, 4.69) is 12.2 Å². The summed E-state index contributed by atoms with van der Waals surface area (Å²) in [7, 11) is 1.59. The lowest BCUT2D eigenvalue weighted by molar-refractivity contribution is -0.116. The first kappa shape index (κ1) is 17.3. The molecule has 1 aromatic carbocycles. The van der Waals surface area contributed by atoms with Gasteiger partial charge in [-0.1, -0.05) is 6.92 Å². The molecule has 0 bridgehead atoms. The monoisotopic (exact) mass is 294 g/mol. The molecule has 5 nitrogen and oxygen atoms in total. The van der Waals surface area contributed by atoms with Crippen LogP contribution in [0.1, 0.15) is 33.1 Å². The molecule has 0 aromatic heterocycles. The summed E-state index contributed by atoms with van der Waals surface area (Å²) < 4.78 is 10.7. The van der Waals surface area contributed by atoms with Gasteiger partial charge < -0.3 is 20.5 Å². The van der Waals surface area contributed by atoms with Gasteiger partial charge in [-0.25, -0.2) is 0 Å². The van der Waals surface area contributed by atoms with E-state index in [0.717, 1.165) is 18.5 Å². The number of methoxy groups -OCH3 is 1. The zero-order chi connectivity index (χ0) is 15.7. The highest BCUT2D eigenvalue weighted by molar-refractivity contribution is 5.91. The van der Waals surface area contributed by atoms with Gasteiger partial charge in [0.15, 0.2) is 11.5 Å². The number of benzene rings is 1. The highest BCUT2D eigenvalue weighted by Gasteiger charge is 2.09. The molecule has 0 radical (unpaired) electrons. The maximum Gasteiger partial charge on any atom is 0.224 e. The van der Waals surface area contributed by atoms with Gasteiger partial charge in [0.05, 0.1) is 13.7 Å². The van der Waals surface area contributed by atoms with Crippen molar-refractivity contribution in [2.75, 3.05) is 25.6 Å². The van der Waals surface area contributed by atoms with Crippen LogP contribution in [0.4, 0.5) is 5.69 Å². The highest BCUT2D eigenvalue weighted by atomic mass is 16.5. The van der Waals surface area contributed by atoms with Crippen molar-refractivity contribution >= 4 is 11.6 Å². The molecule has 0 aliphatic carbocycles.